The Bertz CT molecular complexity index is 841. The molecule has 6 heteroatoms. The number of para-hydroxylation sites is 2. The molecule has 1 aromatic heterocycles. The minimum Gasteiger partial charge on any atom is -0.340 e. The van der Waals surface area contributed by atoms with E-state index in [1.807, 2.05) is 31.2 Å². The Hall–Kier alpha value is -2.89. The molecule has 0 fully saturated rings. The van der Waals surface area contributed by atoms with Crippen LogP contribution in [0.4, 0.5) is 9.18 Å². The van der Waals surface area contributed by atoms with Crippen LogP contribution in [0.5, 0.6) is 0 Å². The van der Waals surface area contributed by atoms with Gasteiger partial charge in [-0.3, -0.25) is 0 Å². The van der Waals surface area contributed by atoms with Crippen LogP contribution in [0.15, 0.2) is 42.5 Å². The Balaban J connectivity index is 1.58. The number of aryl methyl sites for hydroxylation is 1. The van der Waals surface area contributed by atoms with Crippen LogP contribution < -0.4 is 10.6 Å². The maximum Gasteiger partial charge on any atom is 0.315 e. The van der Waals surface area contributed by atoms with E-state index in [-0.39, 0.29) is 24.4 Å². The lowest BCUT2D eigenvalue weighted by Gasteiger charge is -2.13. The van der Waals surface area contributed by atoms with Gasteiger partial charge in [-0.05, 0) is 43.2 Å². The SMILES string of the molecule is Cc1ccc(CNC(=O)NC(C)c2nc3ccccc3[nH]2)cc1F. The van der Waals surface area contributed by atoms with Gasteiger partial charge in [0.15, 0.2) is 0 Å². The summed E-state index contributed by atoms with van der Waals surface area (Å²) in [6.45, 7) is 3.81. The molecule has 5 nitrogen and oxygen atoms in total. The summed E-state index contributed by atoms with van der Waals surface area (Å²) >= 11 is 0. The van der Waals surface area contributed by atoms with Crippen LogP contribution in [-0.2, 0) is 6.54 Å². The molecule has 24 heavy (non-hydrogen) atoms. The third kappa shape index (κ3) is 3.53. The van der Waals surface area contributed by atoms with Gasteiger partial charge in [-0.2, -0.15) is 0 Å². The van der Waals surface area contributed by atoms with Crippen molar-refractivity contribution in [2.45, 2.75) is 26.4 Å². The molecule has 3 rings (SSSR count). The maximum atomic E-state index is 13.5. The second-order valence-electron chi connectivity index (χ2n) is 5.77. The molecule has 0 aliphatic heterocycles. The van der Waals surface area contributed by atoms with Crippen molar-refractivity contribution < 1.29 is 9.18 Å². The van der Waals surface area contributed by atoms with Crippen LogP contribution >= 0.6 is 0 Å². The van der Waals surface area contributed by atoms with E-state index in [0.717, 1.165) is 11.0 Å². The molecule has 0 aliphatic carbocycles. The third-order valence-electron chi connectivity index (χ3n) is 3.85. The normalized spacial score (nSPS) is 12.1. The van der Waals surface area contributed by atoms with Gasteiger partial charge in [0, 0.05) is 6.54 Å². The standard InChI is InChI=1S/C18H19FN4O/c1-11-7-8-13(9-14(11)19)10-20-18(24)21-12(2)17-22-15-5-3-4-6-16(15)23-17/h3-9,12H,10H2,1-2H3,(H,22,23)(H2,20,21,24). The second kappa shape index (κ2) is 6.70. The summed E-state index contributed by atoms with van der Waals surface area (Å²) in [5.74, 6) is 0.415. The predicted molar refractivity (Wildman–Crippen MR) is 91.0 cm³/mol. The van der Waals surface area contributed by atoms with E-state index in [9.17, 15) is 9.18 Å². The summed E-state index contributed by atoms with van der Waals surface area (Å²) < 4.78 is 13.5. The third-order valence-corrected chi connectivity index (χ3v) is 3.85. The Morgan fingerprint density at radius 2 is 2.08 bits per heavy atom. The van der Waals surface area contributed by atoms with E-state index in [2.05, 4.69) is 20.6 Å². The summed E-state index contributed by atoms with van der Waals surface area (Å²) in [6.07, 6.45) is 0. The number of urea groups is 1. The van der Waals surface area contributed by atoms with E-state index < -0.39 is 0 Å². The van der Waals surface area contributed by atoms with Crippen molar-refractivity contribution >= 4 is 17.1 Å². The fourth-order valence-corrected chi connectivity index (χ4v) is 2.42. The summed E-state index contributed by atoms with van der Waals surface area (Å²) in [7, 11) is 0. The van der Waals surface area contributed by atoms with Crippen LogP contribution in [0, 0.1) is 12.7 Å². The van der Waals surface area contributed by atoms with E-state index in [1.54, 1.807) is 19.1 Å². The van der Waals surface area contributed by atoms with Gasteiger partial charge in [-0.15, -0.1) is 0 Å². The highest BCUT2D eigenvalue weighted by Crippen LogP contribution is 2.15. The average molecular weight is 326 g/mol. The number of hydrogen-bond acceptors (Lipinski definition) is 2. The monoisotopic (exact) mass is 326 g/mol. The van der Waals surface area contributed by atoms with Crippen LogP contribution in [-0.4, -0.2) is 16.0 Å². The van der Waals surface area contributed by atoms with Crippen molar-refractivity contribution in [2.75, 3.05) is 0 Å². The minimum absolute atomic E-state index is 0.260. The molecule has 0 saturated heterocycles. The maximum absolute atomic E-state index is 13.5. The molecule has 0 radical (unpaired) electrons. The van der Waals surface area contributed by atoms with Crippen molar-refractivity contribution in [2.24, 2.45) is 0 Å². The van der Waals surface area contributed by atoms with Gasteiger partial charge in [0.05, 0.1) is 17.1 Å². The van der Waals surface area contributed by atoms with Gasteiger partial charge in [0.2, 0.25) is 0 Å². The zero-order chi connectivity index (χ0) is 17.1. The lowest BCUT2D eigenvalue weighted by atomic mass is 10.1. The second-order valence-corrected chi connectivity index (χ2v) is 5.77. The Morgan fingerprint density at radius 1 is 1.29 bits per heavy atom. The lowest BCUT2D eigenvalue weighted by Crippen LogP contribution is -2.37. The topological polar surface area (TPSA) is 69.8 Å². The Morgan fingerprint density at radius 3 is 2.83 bits per heavy atom. The number of rotatable bonds is 4. The number of aromatic amines is 1. The highest BCUT2D eigenvalue weighted by molar-refractivity contribution is 5.76. The average Bonchev–Trinajstić information content (AvgIpc) is 3.00. The van der Waals surface area contributed by atoms with E-state index >= 15 is 0 Å². The molecular weight excluding hydrogens is 307 g/mol. The predicted octanol–water partition coefficient (Wildman–Crippen LogP) is 3.57. The lowest BCUT2D eigenvalue weighted by molar-refractivity contribution is 0.237. The largest absolute Gasteiger partial charge is 0.340 e. The van der Waals surface area contributed by atoms with Crippen molar-refractivity contribution in [3.05, 3.63) is 65.2 Å². The highest BCUT2D eigenvalue weighted by Gasteiger charge is 2.13. The Labute approximate surface area is 139 Å². The summed E-state index contributed by atoms with van der Waals surface area (Å²) in [5, 5.41) is 5.54. The van der Waals surface area contributed by atoms with E-state index in [1.165, 1.54) is 6.07 Å². The van der Waals surface area contributed by atoms with Crippen LogP contribution in [0.2, 0.25) is 0 Å². The molecule has 3 aromatic rings. The number of nitrogens with zero attached hydrogens (tertiary/aromatic N) is 1. The number of carbonyl (C=O) groups excluding carboxylic acids is 1. The number of benzene rings is 2. The molecule has 3 N–H and O–H groups in total. The number of H-pyrrole nitrogens is 1. The van der Waals surface area contributed by atoms with Crippen LogP contribution in [0.25, 0.3) is 11.0 Å². The van der Waals surface area contributed by atoms with Gasteiger partial charge in [-0.25, -0.2) is 14.2 Å². The van der Waals surface area contributed by atoms with Gasteiger partial charge in [0.25, 0.3) is 0 Å². The smallest absolute Gasteiger partial charge is 0.315 e. The molecule has 0 bridgehead atoms. The molecular formula is C18H19FN4O. The fourth-order valence-electron chi connectivity index (χ4n) is 2.42. The van der Waals surface area contributed by atoms with Crippen molar-refractivity contribution in [3.8, 4) is 0 Å². The number of imidazole rings is 1. The van der Waals surface area contributed by atoms with E-state index in [4.69, 9.17) is 0 Å². The van der Waals surface area contributed by atoms with Gasteiger partial charge < -0.3 is 15.6 Å². The zero-order valence-corrected chi connectivity index (χ0v) is 13.6. The van der Waals surface area contributed by atoms with Crippen molar-refractivity contribution in [1.82, 2.24) is 20.6 Å². The van der Waals surface area contributed by atoms with Crippen molar-refractivity contribution in [3.63, 3.8) is 0 Å². The zero-order valence-electron chi connectivity index (χ0n) is 13.6. The quantitative estimate of drug-likeness (QED) is 0.686. The summed E-state index contributed by atoms with van der Waals surface area (Å²) in [6, 6.07) is 12.0. The molecule has 124 valence electrons. The van der Waals surface area contributed by atoms with Gasteiger partial charge in [-0.1, -0.05) is 24.3 Å². The number of fused-ring (bicyclic) bond motifs is 1. The van der Waals surface area contributed by atoms with Crippen molar-refractivity contribution in [1.29, 1.82) is 0 Å². The number of nitrogens with one attached hydrogen (secondary N) is 3. The first-order valence-electron chi connectivity index (χ1n) is 7.77. The molecule has 0 spiro atoms. The van der Waals surface area contributed by atoms with Gasteiger partial charge in [0.1, 0.15) is 11.6 Å². The fraction of sp³-hybridized carbons (Fsp3) is 0.222. The summed E-state index contributed by atoms with van der Waals surface area (Å²) in [5.41, 5.74) is 3.08. The molecule has 2 aromatic carbocycles. The molecule has 2 amide bonds. The number of aromatic nitrogens is 2. The van der Waals surface area contributed by atoms with Crippen LogP contribution in [0.1, 0.15) is 29.9 Å². The minimum atomic E-state index is -0.330. The number of hydrogen-bond donors (Lipinski definition) is 3. The van der Waals surface area contributed by atoms with E-state index in [0.29, 0.717) is 17.0 Å². The summed E-state index contributed by atoms with van der Waals surface area (Å²) in [4.78, 5) is 19.7. The highest BCUT2D eigenvalue weighted by atomic mass is 19.1. The number of halogens is 1. The first-order chi connectivity index (χ1) is 11.5. The van der Waals surface area contributed by atoms with Gasteiger partial charge >= 0.3 is 6.03 Å². The van der Waals surface area contributed by atoms with Crippen LogP contribution in [0.3, 0.4) is 0 Å². The molecule has 1 heterocycles. The molecule has 1 unspecified atom stereocenters. The number of amides is 2. The molecule has 0 aliphatic rings. The Kier molecular flexibility index (Phi) is 4.46. The number of carbonyl (C=O) groups is 1. The first kappa shape index (κ1) is 16.0. The first-order valence-corrected chi connectivity index (χ1v) is 7.77. The molecule has 0 saturated carbocycles. The molecule has 1 atom stereocenters.